The maximum absolute atomic E-state index is 9.13. The lowest BCUT2D eigenvalue weighted by molar-refractivity contribution is 0.280. The molecule has 0 radical (unpaired) electrons. The lowest BCUT2D eigenvalue weighted by Gasteiger charge is -2.08. The van der Waals surface area contributed by atoms with Crippen LogP contribution in [0.5, 0.6) is 5.75 Å². The van der Waals surface area contributed by atoms with Crippen molar-refractivity contribution in [3.63, 3.8) is 0 Å². The van der Waals surface area contributed by atoms with Crippen molar-refractivity contribution in [1.29, 1.82) is 0 Å². The molecule has 0 amide bonds. The van der Waals surface area contributed by atoms with Gasteiger partial charge in [-0.1, -0.05) is 23.7 Å². The zero-order chi connectivity index (χ0) is 15.5. The molecule has 114 valence electrons. The molecule has 22 heavy (non-hydrogen) atoms. The molecule has 0 atom stereocenters. The zero-order valence-corrected chi connectivity index (χ0v) is 12.9. The molecule has 1 N–H and O–H groups in total. The number of aromatic nitrogens is 3. The van der Waals surface area contributed by atoms with Crippen LogP contribution in [0.1, 0.15) is 6.42 Å². The van der Waals surface area contributed by atoms with Crippen molar-refractivity contribution < 1.29 is 9.84 Å². The van der Waals surface area contributed by atoms with Gasteiger partial charge in [0.15, 0.2) is 5.65 Å². The number of hydrogen-bond acceptors (Lipinski definition) is 4. The molecule has 3 rings (SSSR count). The van der Waals surface area contributed by atoms with Gasteiger partial charge in [0.25, 0.3) is 0 Å². The summed E-state index contributed by atoms with van der Waals surface area (Å²) >= 11 is 6.01. The van der Waals surface area contributed by atoms with Crippen LogP contribution in [0.2, 0.25) is 5.02 Å². The maximum Gasteiger partial charge on any atom is 0.160 e. The summed E-state index contributed by atoms with van der Waals surface area (Å²) in [4.78, 5) is 9.03. The van der Waals surface area contributed by atoms with Crippen LogP contribution in [0, 0.1) is 0 Å². The molecule has 2 aromatic heterocycles. The highest BCUT2D eigenvalue weighted by Crippen LogP contribution is 2.27. The number of rotatable bonds is 5. The predicted molar refractivity (Wildman–Crippen MR) is 86.2 cm³/mol. The average molecular weight is 318 g/mol. The van der Waals surface area contributed by atoms with Crippen molar-refractivity contribution in [2.75, 3.05) is 13.7 Å². The third-order valence-corrected chi connectivity index (χ3v) is 3.63. The minimum atomic E-state index is 0.116. The van der Waals surface area contributed by atoms with E-state index in [1.165, 1.54) is 0 Å². The smallest absolute Gasteiger partial charge is 0.160 e. The van der Waals surface area contributed by atoms with Gasteiger partial charge in [-0.2, -0.15) is 0 Å². The van der Waals surface area contributed by atoms with E-state index in [9.17, 15) is 0 Å². The van der Waals surface area contributed by atoms with E-state index in [2.05, 4.69) is 9.97 Å². The second-order valence-corrected chi connectivity index (χ2v) is 5.33. The lowest BCUT2D eigenvalue weighted by atomic mass is 10.2. The van der Waals surface area contributed by atoms with E-state index in [-0.39, 0.29) is 6.61 Å². The van der Waals surface area contributed by atoms with Crippen LogP contribution in [0.4, 0.5) is 0 Å². The average Bonchev–Trinajstić information content (AvgIpc) is 2.90. The maximum atomic E-state index is 9.13. The number of nitrogens with zero attached hydrogens (tertiary/aromatic N) is 3. The monoisotopic (exact) mass is 317 g/mol. The third kappa shape index (κ3) is 2.77. The molecule has 0 bridgehead atoms. The highest BCUT2D eigenvalue weighted by atomic mass is 35.5. The summed E-state index contributed by atoms with van der Waals surface area (Å²) in [5.74, 6) is 1.56. The molecule has 0 fully saturated rings. The number of benzene rings is 1. The number of fused-ring (bicyclic) bond motifs is 1. The van der Waals surface area contributed by atoms with Gasteiger partial charge in [0, 0.05) is 24.9 Å². The Morgan fingerprint density at radius 3 is 2.95 bits per heavy atom. The zero-order valence-electron chi connectivity index (χ0n) is 12.2. The Balaban J connectivity index is 2.17. The van der Waals surface area contributed by atoms with Crippen LogP contribution in [0.25, 0.3) is 22.6 Å². The molecule has 5 nitrogen and oxygen atoms in total. The Morgan fingerprint density at radius 2 is 2.18 bits per heavy atom. The summed E-state index contributed by atoms with van der Waals surface area (Å²) in [6.45, 7) is 0.749. The second-order valence-electron chi connectivity index (χ2n) is 4.89. The second kappa shape index (κ2) is 6.34. The van der Waals surface area contributed by atoms with Crippen LogP contribution in [-0.4, -0.2) is 33.4 Å². The number of aliphatic hydroxyl groups excluding tert-OH is 1. The van der Waals surface area contributed by atoms with Crippen molar-refractivity contribution in [2.24, 2.45) is 0 Å². The Labute approximate surface area is 133 Å². The summed E-state index contributed by atoms with van der Waals surface area (Å²) in [6.07, 6.45) is 2.24. The fraction of sp³-hybridized carbons (Fsp3) is 0.250. The van der Waals surface area contributed by atoms with Gasteiger partial charge in [-0.3, -0.25) is 0 Å². The molecular weight excluding hydrogens is 302 g/mol. The van der Waals surface area contributed by atoms with Gasteiger partial charge in [0.05, 0.1) is 12.1 Å². The first-order valence-corrected chi connectivity index (χ1v) is 7.38. The first-order chi connectivity index (χ1) is 10.7. The van der Waals surface area contributed by atoms with E-state index in [1.54, 1.807) is 19.4 Å². The quantitative estimate of drug-likeness (QED) is 0.785. The van der Waals surface area contributed by atoms with Crippen LogP contribution in [0.15, 0.2) is 36.5 Å². The molecule has 0 saturated carbocycles. The number of ether oxygens (including phenoxy) is 1. The standard InChI is InChI=1S/C16H16ClN3O2/c1-22-13-5-2-4-11(8-13)15-19-14-9-12(17)10-18-16(14)20(15)6-3-7-21/h2,4-5,8-10,21H,3,6-7H2,1H3. The topological polar surface area (TPSA) is 60.2 Å². The first-order valence-electron chi connectivity index (χ1n) is 7.00. The molecule has 0 aliphatic heterocycles. The van der Waals surface area contributed by atoms with Gasteiger partial charge in [-0.05, 0) is 24.6 Å². The predicted octanol–water partition coefficient (Wildman–Crippen LogP) is 3.14. The number of hydrogen-bond donors (Lipinski definition) is 1. The van der Waals surface area contributed by atoms with Crippen LogP contribution >= 0.6 is 11.6 Å². The summed E-state index contributed by atoms with van der Waals surface area (Å²) in [6, 6.07) is 9.51. The summed E-state index contributed by atoms with van der Waals surface area (Å²) in [5.41, 5.74) is 2.44. The Kier molecular flexibility index (Phi) is 4.27. The van der Waals surface area contributed by atoms with E-state index in [0.29, 0.717) is 18.0 Å². The number of aryl methyl sites for hydroxylation is 1. The molecule has 3 aromatic rings. The number of imidazole rings is 1. The largest absolute Gasteiger partial charge is 0.497 e. The molecule has 2 heterocycles. The van der Waals surface area contributed by atoms with Crippen molar-refractivity contribution in [3.05, 3.63) is 41.6 Å². The first kappa shape index (κ1) is 14.8. The van der Waals surface area contributed by atoms with Gasteiger partial charge in [-0.15, -0.1) is 0 Å². The minimum absolute atomic E-state index is 0.116. The Morgan fingerprint density at radius 1 is 1.32 bits per heavy atom. The van der Waals surface area contributed by atoms with E-state index in [1.807, 2.05) is 28.8 Å². The molecule has 1 aromatic carbocycles. The fourth-order valence-electron chi connectivity index (χ4n) is 2.41. The summed E-state index contributed by atoms with van der Waals surface area (Å²) in [7, 11) is 1.63. The highest BCUT2D eigenvalue weighted by Gasteiger charge is 2.14. The van der Waals surface area contributed by atoms with Crippen LogP contribution in [0.3, 0.4) is 0 Å². The van der Waals surface area contributed by atoms with Gasteiger partial charge in [0.2, 0.25) is 0 Å². The van der Waals surface area contributed by atoms with E-state index in [0.717, 1.165) is 28.3 Å². The summed E-state index contributed by atoms with van der Waals surface area (Å²) < 4.78 is 7.27. The number of methoxy groups -OCH3 is 1. The van der Waals surface area contributed by atoms with E-state index >= 15 is 0 Å². The summed E-state index contributed by atoms with van der Waals surface area (Å²) in [5, 5.41) is 9.68. The SMILES string of the molecule is COc1cccc(-c2nc3cc(Cl)cnc3n2CCCO)c1. The minimum Gasteiger partial charge on any atom is -0.497 e. The Bertz CT molecular complexity index is 801. The van der Waals surface area contributed by atoms with Crippen molar-refractivity contribution in [1.82, 2.24) is 14.5 Å². The van der Waals surface area contributed by atoms with Gasteiger partial charge in [0.1, 0.15) is 17.1 Å². The van der Waals surface area contributed by atoms with Crippen LogP contribution in [-0.2, 0) is 6.54 Å². The van der Waals surface area contributed by atoms with Crippen molar-refractivity contribution in [3.8, 4) is 17.1 Å². The highest BCUT2D eigenvalue weighted by molar-refractivity contribution is 6.31. The van der Waals surface area contributed by atoms with E-state index in [4.69, 9.17) is 21.4 Å². The van der Waals surface area contributed by atoms with Crippen LogP contribution < -0.4 is 4.74 Å². The molecule has 0 saturated heterocycles. The molecule has 0 spiro atoms. The number of aliphatic hydroxyl groups is 1. The number of pyridine rings is 1. The molecule has 0 unspecified atom stereocenters. The third-order valence-electron chi connectivity index (χ3n) is 3.42. The normalized spacial score (nSPS) is 11.0. The van der Waals surface area contributed by atoms with Gasteiger partial charge in [-0.25, -0.2) is 9.97 Å². The van der Waals surface area contributed by atoms with Crippen molar-refractivity contribution >= 4 is 22.8 Å². The van der Waals surface area contributed by atoms with Gasteiger partial charge >= 0.3 is 0 Å². The number of halogens is 1. The van der Waals surface area contributed by atoms with Crippen molar-refractivity contribution in [2.45, 2.75) is 13.0 Å². The molecule has 0 aliphatic carbocycles. The molecule has 0 aliphatic rings. The molecule has 6 heteroatoms. The van der Waals surface area contributed by atoms with E-state index < -0.39 is 0 Å². The molecular formula is C16H16ClN3O2. The van der Waals surface area contributed by atoms with Gasteiger partial charge < -0.3 is 14.4 Å². The fourth-order valence-corrected chi connectivity index (χ4v) is 2.56. The lowest BCUT2D eigenvalue weighted by Crippen LogP contribution is -2.03. The Hall–Kier alpha value is -2.11.